The molecule has 4 aromatic carbocycles. The Hall–Kier alpha value is -5.18. The SMILES string of the molecule is Cc1ccc(N=Nc2ccc(-c3ccc(N=Nc4ccc(O)c(OC=O)c4)cc3)cc2)cc1C(=O)O. The highest BCUT2D eigenvalue weighted by Gasteiger charge is 2.07. The molecule has 4 rings (SSSR count). The van der Waals surface area contributed by atoms with Gasteiger partial charge in [0.05, 0.1) is 28.3 Å². The summed E-state index contributed by atoms with van der Waals surface area (Å²) in [7, 11) is 0. The first-order valence-corrected chi connectivity index (χ1v) is 10.7. The number of azo groups is 2. The van der Waals surface area contributed by atoms with Crippen LogP contribution in [0.3, 0.4) is 0 Å². The maximum Gasteiger partial charge on any atom is 0.336 e. The Kier molecular flexibility index (Phi) is 7.21. The number of carbonyl (C=O) groups excluding carboxylic acids is 1. The van der Waals surface area contributed by atoms with Crippen LogP contribution >= 0.6 is 0 Å². The molecule has 9 nitrogen and oxygen atoms in total. The molecule has 9 heteroatoms. The maximum absolute atomic E-state index is 11.3. The summed E-state index contributed by atoms with van der Waals surface area (Å²) in [6.07, 6.45) is 0. The molecule has 0 spiro atoms. The van der Waals surface area contributed by atoms with E-state index in [1.54, 1.807) is 25.1 Å². The zero-order valence-corrected chi connectivity index (χ0v) is 19.1. The summed E-state index contributed by atoms with van der Waals surface area (Å²) in [6, 6.07) is 24.1. The average Bonchev–Trinajstić information content (AvgIpc) is 2.89. The fraction of sp³-hybridized carbons (Fsp3) is 0.0370. The van der Waals surface area contributed by atoms with Crippen molar-refractivity contribution < 1.29 is 24.5 Å². The molecule has 0 saturated carbocycles. The van der Waals surface area contributed by atoms with E-state index < -0.39 is 5.97 Å². The van der Waals surface area contributed by atoms with Crippen LogP contribution in [0.25, 0.3) is 11.1 Å². The smallest absolute Gasteiger partial charge is 0.336 e. The molecule has 0 aliphatic carbocycles. The minimum absolute atomic E-state index is 0.00339. The van der Waals surface area contributed by atoms with Crippen molar-refractivity contribution in [2.24, 2.45) is 20.5 Å². The zero-order valence-electron chi connectivity index (χ0n) is 19.1. The third-order valence-corrected chi connectivity index (χ3v) is 5.20. The number of nitrogens with zero attached hydrogens (tertiary/aromatic N) is 4. The lowest BCUT2D eigenvalue weighted by Gasteiger charge is -2.03. The fourth-order valence-electron chi connectivity index (χ4n) is 3.29. The number of hydrogen-bond donors (Lipinski definition) is 2. The third-order valence-electron chi connectivity index (χ3n) is 5.20. The molecule has 0 aliphatic rings. The van der Waals surface area contributed by atoms with Crippen molar-refractivity contribution in [3.8, 4) is 22.6 Å². The molecule has 0 unspecified atom stereocenters. The summed E-state index contributed by atoms with van der Waals surface area (Å²) in [4.78, 5) is 21.8. The molecule has 0 radical (unpaired) electrons. The van der Waals surface area contributed by atoms with E-state index in [4.69, 9.17) is 4.74 Å². The zero-order chi connectivity index (χ0) is 25.5. The summed E-state index contributed by atoms with van der Waals surface area (Å²) in [6.45, 7) is 1.96. The minimum Gasteiger partial charge on any atom is -0.504 e. The van der Waals surface area contributed by atoms with Crippen LogP contribution in [0, 0.1) is 6.92 Å². The fourth-order valence-corrected chi connectivity index (χ4v) is 3.29. The van der Waals surface area contributed by atoms with Crippen LogP contribution in [0.2, 0.25) is 0 Å². The Balaban J connectivity index is 1.43. The second kappa shape index (κ2) is 10.8. The molecule has 0 saturated heterocycles. The van der Waals surface area contributed by atoms with E-state index >= 15 is 0 Å². The lowest BCUT2D eigenvalue weighted by Crippen LogP contribution is -1.98. The second-order valence-electron chi connectivity index (χ2n) is 7.66. The standard InChI is InChI=1S/C27H20N4O5/c1-17-2-7-22(14-24(17)27(34)35)30-28-20-8-3-18(4-9-20)19-5-10-21(11-6-19)29-31-23-12-13-25(33)26(15-23)36-16-32/h2-16,33H,1H3,(H,34,35). The van der Waals surface area contributed by atoms with Crippen LogP contribution < -0.4 is 4.74 Å². The van der Waals surface area contributed by atoms with Gasteiger partial charge < -0.3 is 14.9 Å². The second-order valence-corrected chi connectivity index (χ2v) is 7.66. The molecule has 4 aromatic rings. The van der Waals surface area contributed by atoms with E-state index in [1.165, 1.54) is 18.2 Å². The van der Waals surface area contributed by atoms with Crippen LogP contribution in [-0.4, -0.2) is 22.7 Å². The van der Waals surface area contributed by atoms with Gasteiger partial charge in [-0.15, -0.1) is 0 Å². The van der Waals surface area contributed by atoms with E-state index in [1.807, 2.05) is 48.5 Å². The number of carbonyl (C=O) groups is 2. The highest BCUT2D eigenvalue weighted by Crippen LogP contribution is 2.31. The van der Waals surface area contributed by atoms with Crippen molar-refractivity contribution in [2.75, 3.05) is 0 Å². The van der Waals surface area contributed by atoms with Crippen molar-refractivity contribution in [1.82, 2.24) is 0 Å². The highest BCUT2D eigenvalue weighted by atomic mass is 16.5. The third kappa shape index (κ3) is 5.84. The van der Waals surface area contributed by atoms with Gasteiger partial charge in [0.2, 0.25) is 0 Å². The Morgan fingerprint density at radius 1 is 0.722 bits per heavy atom. The number of rotatable bonds is 8. The maximum atomic E-state index is 11.3. The lowest BCUT2D eigenvalue weighted by molar-refractivity contribution is -0.120. The van der Waals surface area contributed by atoms with E-state index in [9.17, 15) is 19.8 Å². The van der Waals surface area contributed by atoms with Crippen molar-refractivity contribution in [3.05, 3.63) is 96.1 Å². The number of ether oxygens (including phenoxy) is 1. The first kappa shape index (κ1) is 24.0. The molecule has 0 amide bonds. The van der Waals surface area contributed by atoms with Gasteiger partial charge >= 0.3 is 5.97 Å². The van der Waals surface area contributed by atoms with Crippen molar-refractivity contribution in [1.29, 1.82) is 0 Å². The van der Waals surface area contributed by atoms with Gasteiger partial charge in [0.1, 0.15) is 0 Å². The molecule has 0 aromatic heterocycles. The van der Waals surface area contributed by atoms with E-state index in [2.05, 4.69) is 20.5 Å². The average molecular weight is 480 g/mol. The van der Waals surface area contributed by atoms with Gasteiger partial charge in [-0.05, 0) is 72.1 Å². The molecule has 0 heterocycles. The molecule has 178 valence electrons. The lowest BCUT2D eigenvalue weighted by atomic mass is 10.1. The summed E-state index contributed by atoms with van der Waals surface area (Å²) in [5.41, 5.74) is 4.93. The van der Waals surface area contributed by atoms with E-state index in [-0.39, 0.29) is 23.5 Å². The molecule has 2 N–H and O–H groups in total. The quantitative estimate of drug-likeness (QED) is 0.200. The summed E-state index contributed by atoms with van der Waals surface area (Å²) in [5, 5.41) is 35.5. The Labute approximate surface area is 206 Å². The first-order chi connectivity index (χ1) is 17.4. The van der Waals surface area contributed by atoms with Crippen molar-refractivity contribution in [3.63, 3.8) is 0 Å². The molecule has 36 heavy (non-hydrogen) atoms. The Morgan fingerprint density at radius 3 is 1.72 bits per heavy atom. The van der Waals surface area contributed by atoms with Gasteiger partial charge in [-0.2, -0.15) is 20.5 Å². The van der Waals surface area contributed by atoms with Gasteiger partial charge in [0.15, 0.2) is 11.5 Å². The molecule has 0 bridgehead atoms. The number of carboxylic acids is 1. The topological polar surface area (TPSA) is 133 Å². The number of phenolic OH excluding ortho intramolecular Hbond substituents is 1. The number of benzene rings is 4. The summed E-state index contributed by atoms with van der Waals surface area (Å²) in [5.74, 6) is -1.16. The summed E-state index contributed by atoms with van der Waals surface area (Å²) >= 11 is 0. The summed E-state index contributed by atoms with van der Waals surface area (Å²) < 4.78 is 4.69. The van der Waals surface area contributed by atoms with Gasteiger partial charge in [-0.3, -0.25) is 4.79 Å². The van der Waals surface area contributed by atoms with Crippen LogP contribution in [0.1, 0.15) is 15.9 Å². The van der Waals surface area contributed by atoms with E-state index in [0.29, 0.717) is 28.3 Å². The van der Waals surface area contributed by atoms with Gasteiger partial charge in [-0.1, -0.05) is 30.3 Å². The molecular weight excluding hydrogens is 460 g/mol. The predicted molar refractivity (Wildman–Crippen MR) is 133 cm³/mol. The number of aromatic carboxylic acids is 1. The van der Waals surface area contributed by atoms with E-state index in [0.717, 1.165) is 11.1 Å². The number of aromatic hydroxyl groups is 1. The normalized spacial score (nSPS) is 11.1. The Morgan fingerprint density at radius 2 is 1.19 bits per heavy atom. The van der Waals surface area contributed by atoms with Crippen molar-refractivity contribution in [2.45, 2.75) is 6.92 Å². The number of hydrogen-bond acceptors (Lipinski definition) is 8. The first-order valence-electron chi connectivity index (χ1n) is 10.7. The number of aryl methyl sites for hydroxylation is 1. The molecule has 0 atom stereocenters. The highest BCUT2D eigenvalue weighted by molar-refractivity contribution is 5.90. The van der Waals surface area contributed by atoms with Crippen LogP contribution in [0.15, 0.2) is 105 Å². The molecule has 0 fully saturated rings. The molecular formula is C27H20N4O5. The van der Waals surface area contributed by atoms with Gasteiger partial charge in [0.25, 0.3) is 6.47 Å². The van der Waals surface area contributed by atoms with Crippen molar-refractivity contribution >= 4 is 35.2 Å². The number of phenols is 1. The Bertz CT molecular complexity index is 1460. The monoisotopic (exact) mass is 480 g/mol. The largest absolute Gasteiger partial charge is 0.504 e. The number of carboxylic acid groups (broad SMARTS) is 1. The van der Waals surface area contributed by atoms with Gasteiger partial charge in [0, 0.05) is 6.07 Å². The van der Waals surface area contributed by atoms with Crippen LogP contribution in [0.5, 0.6) is 11.5 Å². The molecule has 0 aliphatic heterocycles. The van der Waals surface area contributed by atoms with Crippen LogP contribution in [-0.2, 0) is 4.79 Å². The minimum atomic E-state index is -1.000. The predicted octanol–water partition coefficient (Wildman–Crippen LogP) is 7.43. The van der Waals surface area contributed by atoms with Gasteiger partial charge in [-0.25, -0.2) is 4.79 Å². The van der Waals surface area contributed by atoms with Crippen LogP contribution in [0.4, 0.5) is 22.7 Å².